The number of benzene rings is 1. The molecule has 0 aliphatic heterocycles. The molecule has 178 valence electrons. The fourth-order valence-corrected chi connectivity index (χ4v) is 3.35. The van der Waals surface area contributed by atoms with E-state index < -0.39 is 0 Å². The summed E-state index contributed by atoms with van der Waals surface area (Å²) in [6, 6.07) is 14.7. The molecule has 0 unspecified atom stereocenters. The van der Waals surface area contributed by atoms with Gasteiger partial charge in [-0.1, -0.05) is 69.4 Å². The van der Waals surface area contributed by atoms with E-state index in [0.29, 0.717) is 46.2 Å². The maximum atomic E-state index is 5.66. The molecule has 2 rings (SSSR count). The Hall–Kier alpha value is -1.79. The average Bonchev–Trinajstić information content (AvgIpc) is 2.84. The Morgan fingerprint density at radius 3 is 1.66 bits per heavy atom. The molecular formula is C27H42NO4+. The summed E-state index contributed by atoms with van der Waals surface area (Å²) in [5.41, 5.74) is 2.46. The number of hydrogen-bond acceptors (Lipinski definition) is 4. The summed E-state index contributed by atoms with van der Waals surface area (Å²) in [6.45, 7) is 8.29. The molecule has 1 aromatic heterocycles. The lowest BCUT2D eigenvalue weighted by Gasteiger charge is -2.07. The quantitative estimate of drug-likeness (QED) is 0.211. The minimum Gasteiger partial charge on any atom is -0.379 e. The first-order valence-electron chi connectivity index (χ1n) is 12.3. The molecule has 5 nitrogen and oxygen atoms in total. The number of ether oxygens (including phenoxy) is 4. The van der Waals surface area contributed by atoms with Gasteiger partial charge in [0.05, 0.1) is 39.6 Å². The van der Waals surface area contributed by atoms with E-state index in [9.17, 15) is 0 Å². The molecule has 0 bridgehead atoms. The molecule has 1 heterocycles. The third-order valence-corrected chi connectivity index (χ3v) is 5.25. The minimum absolute atomic E-state index is 0.593. The van der Waals surface area contributed by atoms with Crippen LogP contribution in [0.4, 0.5) is 0 Å². The molecule has 0 radical (unpaired) electrons. The number of nitrogens with zero attached hydrogens (tertiary/aromatic N) is 1. The largest absolute Gasteiger partial charge is 0.379 e. The normalized spacial score (nSPS) is 11.2. The van der Waals surface area contributed by atoms with Crippen LogP contribution in [0.3, 0.4) is 0 Å². The van der Waals surface area contributed by atoms with Crippen molar-refractivity contribution in [3.05, 3.63) is 54.9 Å². The van der Waals surface area contributed by atoms with Crippen LogP contribution in [0.15, 0.2) is 54.9 Å². The van der Waals surface area contributed by atoms with E-state index in [0.717, 1.165) is 19.6 Å². The van der Waals surface area contributed by atoms with Crippen LogP contribution in [-0.4, -0.2) is 52.9 Å². The van der Waals surface area contributed by atoms with Gasteiger partial charge < -0.3 is 18.9 Å². The Labute approximate surface area is 194 Å². The van der Waals surface area contributed by atoms with Crippen LogP contribution in [0.25, 0.3) is 11.1 Å². The summed E-state index contributed by atoms with van der Waals surface area (Å²) in [5.74, 6) is 0. The Morgan fingerprint density at radius 1 is 0.531 bits per heavy atom. The van der Waals surface area contributed by atoms with E-state index in [2.05, 4.69) is 60.3 Å². The number of rotatable bonds is 20. The highest BCUT2D eigenvalue weighted by molar-refractivity contribution is 5.61. The van der Waals surface area contributed by atoms with Crippen LogP contribution < -0.4 is 4.57 Å². The van der Waals surface area contributed by atoms with Crippen LogP contribution in [0.1, 0.15) is 45.4 Å². The number of hydrogen-bond donors (Lipinski definition) is 0. The molecule has 0 atom stereocenters. The summed E-state index contributed by atoms with van der Waals surface area (Å²) in [7, 11) is 0. The van der Waals surface area contributed by atoms with Crippen LogP contribution in [0.2, 0.25) is 0 Å². The molecular weight excluding hydrogens is 402 g/mol. The van der Waals surface area contributed by atoms with Gasteiger partial charge in [0.25, 0.3) is 0 Å². The van der Waals surface area contributed by atoms with Crippen LogP contribution >= 0.6 is 0 Å². The van der Waals surface area contributed by atoms with E-state index in [-0.39, 0.29) is 0 Å². The first-order chi connectivity index (χ1) is 15.9. The fraction of sp³-hybridized carbons (Fsp3) is 0.593. The predicted molar refractivity (Wildman–Crippen MR) is 129 cm³/mol. The lowest BCUT2D eigenvalue weighted by molar-refractivity contribution is -0.698. The summed E-state index contributed by atoms with van der Waals surface area (Å²) in [5, 5.41) is 0. The zero-order valence-electron chi connectivity index (χ0n) is 19.9. The van der Waals surface area contributed by atoms with E-state index >= 15 is 0 Å². The van der Waals surface area contributed by atoms with Crippen molar-refractivity contribution in [1.29, 1.82) is 0 Å². The topological polar surface area (TPSA) is 40.8 Å². The lowest BCUT2D eigenvalue weighted by atomic mass is 10.1. The van der Waals surface area contributed by atoms with Gasteiger partial charge in [-0.2, -0.15) is 0 Å². The van der Waals surface area contributed by atoms with Crippen molar-refractivity contribution in [3.63, 3.8) is 0 Å². The zero-order valence-corrected chi connectivity index (χ0v) is 19.9. The van der Waals surface area contributed by atoms with Crippen molar-refractivity contribution in [2.24, 2.45) is 0 Å². The smallest absolute Gasteiger partial charge is 0.171 e. The van der Waals surface area contributed by atoms with Crippen LogP contribution in [0, 0.1) is 0 Å². The number of pyridine rings is 1. The van der Waals surface area contributed by atoms with E-state index in [1.807, 2.05) is 6.07 Å². The molecule has 0 spiro atoms. The Kier molecular flexibility index (Phi) is 15.5. The van der Waals surface area contributed by atoms with Gasteiger partial charge in [-0.05, 0) is 17.5 Å². The maximum Gasteiger partial charge on any atom is 0.171 e. The minimum atomic E-state index is 0.593. The second kappa shape index (κ2) is 18.8. The van der Waals surface area contributed by atoms with Crippen molar-refractivity contribution < 1.29 is 23.5 Å². The molecule has 1 aromatic carbocycles. The van der Waals surface area contributed by atoms with Gasteiger partial charge in [-0.3, -0.25) is 0 Å². The lowest BCUT2D eigenvalue weighted by Crippen LogP contribution is -2.35. The number of unbranched alkanes of at least 4 members (excludes halogenated alkanes) is 5. The number of aromatic nitrogens is 1. The standard InChI is InChI=1S/C27H42NO4/c1-2-3-4-5-6-10-18-29-20-22-31-24-25-32-23-21-30-19-17-28-15-13-27(14-16-28)26-11-8-7-9-12-26/h7-9,11-16H,2-6,10,17-25H2,1H3/q+1. The molecule has 2 aromatic rings. The van der Waals surface area contributed by atoms with Crippen molar-refractivity contribution in [2.75, 3.05) is 52.9 Å². The first kappa shape index (κ1) is 26.5. The molecule has 0 saturated heterocycles. The average molecular weight is 445 g/mol. The third kappa shape index (κ3) is 12.9. The summed E-state index contributed by atoms with van der Waals surface area (Å²) in [4.78, 5) is 0. The van der Waals surface area contributed by atoms with Crippen molar-refractivity contribution in [3.8, 4) is 11.1 Å². The van der Waals surface area contributed by atoms with Gasteiger partial charge in [-0.25, -0.2) is 4.57 Å². The van der Waals surface area contributed by atoms with Gasteiger partial charge in [0, 0.05) is 18.7 Å². The molecule has 0 saturated carbocycles. The van der Waals surface area contributed by atoms with Gasteiger partial charge in [0.15, 0.2) is 18.9 Å². The summed E-state index contributed by atoms with van der Waals surface area (Å²) < 4.78 is 24.5. The maximum absolute atomic E-state index is 5.66. The first-order valence-corrected chi connectivity index (χ1v) is 12.3. The fourth-order valence-electron chi connectivity index (χ4n) is 3.35. The molecule has 0 amide bonds. The van der Waals surface area contributed by atoms with Gasteiger partial charge in [0.1, 0.15) is 6.61 Å². The van der Waals surface area contributed by atoms with Crippen molar-refractivity contribution in [1.82, 2.24) is 0 Å². The van der Waals surface area contributed by atoms with Gasteiger partial charge >= 0.3 is 0 Å². The predicted octanol–water partition coefficient (Wildman–Crippen LogP) is 5.07. The molecule has 0 aliphatic rings. The summed E-state index contributed by atoms with van der Waals surface area (Å²) in [6.07, 6.45) is 12.0. The third-order valence-electron chi connectivity index (χ3n) is 5.25. The van der Waals surface area contributed by atoms with E-state index in [1.165, 1.54) is 43.2 Å². The molecule has 32 heavy (non-hydrogen) atoms. The van der Waals surface area contributed by atoms with Gasteiger partial charge in [0.2, 0.25) is 0 Å². The Morgan fingerprint density at radius 2 is 1.03 bits per heavy atom. The van der Waals surface area contributed by atoms with Crippen molar-refractivity contribution >= 4 is 0 Å². The molecule has 0 fully saturated rings. The highest BCUT2D eigenvalue weighted by Gasteiger charge is 2.02. The molecule has 5 heteroatoms. The van der Waals surface area contributed by atoms with Gasteiger partial charge in [-0.15, -0.1) is 0 Å². The van der Waals surface area contributed by atoms with Crippen LogP contribution in [0.5, 0.6) is 0 Å². The monoisotopic (exact) mass is 444 g/mol. The SMILES string of the molecule is CCCCCCCCOCCOCCOCCOCC[n+]1ccc(-c2ccccc2)cc1. The molecule has 0 aliphatic carbocycles. The van der Waals surface area contributed by atoms with Crippen molar-refractivity contribution in [2.45, 2.75) is 52.0 Å². The highest BCUT2D eigenvalue weighted by Crippen LogP contribution is 2.16. The van der Waals surface area contributed by atoms with E-state index in [4.69, 9.17) is 18.9 Å². The van der Waals surface area contributed by atoms with Crippen LogP contribution in [-0.2, 0) is 25.5 Å². The second-order valence-electron chi connectivity index (χ2n) is 7.91. The Bertz CT molecular complexity index is 663. The highest BCUT2D eigenvalue weighted by atomic mass is 16.6. The molecule has 0 N–H and O–H groups in total. The zero-order chi connectivity index (χ0) is 22.5. The Balaban J connectivity index is 1.33. The van der Waals surface area contributed by atoms with E-state index in [1.54, 1.807) is 0 Å². The second-order valence-corrected chi connectivity index (χ2v) is 7.91. The summed E-state index contributed by atoms with van der Waals surface area (Å²) >= 11 is 0.